The maximum absolute atomic E-state index is 12.0. The third-order valence-electron chi connectivity index (χ3n) is 2.78. The average Bonchev–Trinajstić information content (AvgIpc) is 2.91. The van der Waals surface area contributed by atoms with Crippen LogP contribution in [0.3, 0.4) is 0 Å². The summed E-state index contributed by atoms with van der Waals surface area (Å²) in [4.78, 5) is 28.0. The molecule has 1 heterocycles. The molecular weight excluding hydrogens is 318 g/mol. The Bertz CT molecular complexity index is 643. The first kappa shape index (κ1) is 16.5. The van der Waals surface area contributed by atoms with E-state index in [4.69, 9.17) is 0 Å². The van der Waals surface area contributed by atoms with Gasteiger partial charge in [-0.3, -0.25) is 10.1 Å². The summed E-state index contributed by atoms with van der Waals surface area (Å²) >= 11 is 2.84. The number of rotatable bonds is 5. The molecule has 116 valence electrons. The lowest BCUT2D eigenvalue weighted by Gasteiger charge is -2.10. The molecule has 0 bridgehead atoms. The number of carbonyl (C=O) groups excluding carboxylic acids is 2. The molecule has 0 aliphatic heterocycles. The van der Waals surface area contributed by atoms with Crippen LogP contribution in [0.15, 0.2) is 40.1 Å². The van der Waals surface area contributed by atoms with Gasteiger partial charge in [0.25, 0.3) is 0 Å². The lowest BCUT2D eigenvalue weighted by Crippen LogP contribution is -2.42. The molecule has 22 heavy (non-hydrogen) atoms. The topological polar surface area (TPSA) is 71.1 Å². The van der Waals surface area contributed by atoms with E-state index < -0.39 is 6.03 Å². The maximum atomic E-state index is 12.0. The van der Waals surface area contributed by atoms with Crippen molar-refractivity contribution in [3.05, 3.63) is 47.0 Å². The summed E-state index contributed by atoms with van der Waals surface area (Å²) < 4.78 is 0.824. The number of urea groups is 1. The highest BCUT2D eigenvalue weighted by Gasteiger charge is 2.18. The van der Waals surface area contributed by atoms with Crippen LogP contribution in [0, 0.1) is 6.92 Å². The van der Waals surface area contributed by atoms with Crippen LogP contribution in [-0.2, 0) is 11.3 Å². The molecule has 2 N–H and O–H groups in total. The quantitative estimate of drug-likeness (QED) is 0.824. The second-order valence-electron chi connectivity index (χ2n) is 4.67. The van der Waals surface area contributed by atoms with Gasteiger partial charge in [0.1, 0.15) is 0 Å². The number of amides is 3. The van der Waals surface area contributed by atoms with Crippen LogP contribution in [0.1, 0.15) is 18.2 Å². The molecule has 0 aliphatic rings. The minimum atomic E-state index is -0.489. The van der Waals surface area contributed by atoms with Crippen molar-refractivity contribution in [3.8, 4) is 0 Å². The molecule has 7 heteroatoms. The van der Waals surface area contributed by atoms with Gasteiger partial charge in [0.2, 0.25) is 5.91 Å². The van der Waals surface area contributed by atoms with Crippen molar-refractivity contribution in [1.29, 1.82) is 0 Å². The van der Waals surface area contributed by atoms with Crippen LogP contribution >= 0.6 is 23.1 Å². The van der Waals surface area contributed by atoms with Gasteiger partial charge in [-0.2, -0.15) is 0 Å². The van der Waals surface area contributed by atoms with Crippen molar-refractivity contribution in [3.63, 3.8) is 0 Å². The number of aryl methyl sites for hydroxylation is 1. The predicted octanol–water partition coefficient (Wildman–Crippen LogP) is 2.96. The van der Waals surface area contributed by atoms with E-state index in [9.17, 15) is 9.59 Å². The van der Waals surface area contributed by atoms with E-state index in [2.05, 4.69) is 15.6 Å². The summed E-state index contributed by atoms with van der Waals surface area (Å²) in [6.45, 7) is 4.04. The van der Waals surface area contributed by atoms with Crippen LogP contribution in [-0.4, -0.2) is 22.2 Å². The molecule has 0 saturated heterocycles. The molecule has 1 aromatic heterocycles. The second kappa shape index (κ2) is 7.95. The number of aromatic nitrogens is 1. The van der Waals surface area contributed by atoms with E-state index in [0.29, 0.717) is 6.54 Å². The second-order valence-corrected chi connectivity index (χ2v) is 7.12. The van der Waals surface area contributed by atoms with Gasteiger partial charge in [0, 0.05) is 17.6 Å². The summed E-state index contributed by atoms with van der Waals surface area (Å²) in [5.74, 6) is -0.330. The van der Waals surface area contributed by atoms with Crippen LogP contribution < -0.4 is 10.6 Å². The first-order valence-electron chi connectivity index (χ1n) is 6.76. The first-order chi connectivity index (χ1) is 10.5. The van der Waals surface area contributed by atoms with Gasteiger partial charge in [-0.05, 0) is 19.4 Å². The summed E-state index contributed by atoms with van der Waals surface area (Å²) in [5.41, 5.74) is 1.91. The Morgan fingerprint density at radius 3 is 2.68 bits per heavy atom. The fourth-order valence-electron chi connectivity index (χ4n) is 1.63. The van der Waals surface area contributed by atoms with Gasteiger partial charge in [0.15, 0.2) is 4.34 Å². The van der Waals surface area contributed by atoms with Crippen molar-refractivity contribution < 1.29 is 9.59 Å². The fraction of sp³-hybridized carbons (Fsp3) is 0.267. The van der Waals surface area contributed by atoms with E-state index >= 15 is 0 Å². The van der Waals surface area contributed by atoms with Gasteiger partial charge in [-0.15, -0.1) is 11.3 Å². The zero-order valence-corrected chi connectivity index (χ0v) is 14.0. The number of thioether (sulfide) groups is 1. The molecule has 2 rings (SSSR count). The van der Waals surface area contributed by atoms with E-state index in [1.807, 2.05) is 42.6 Å². The van der Waals surface area contributed by atoms with Crippen molar-refractivity contribution >= 4 is 35.0 Å². The molecule has 2 aromatic rings. The normalized spacial score (nSPS) is 11.7. The number of nitrogens with zero attached hydrogens (tertiary/aromatic N) is 1. The number of imide groups is 1. The SMILES string of the molecule is Cc1csc(S[C@H](C)C(=O)NC(=O)NCc2ccccc2)n1. The van der Waals surface area contributed by atoms with Crippen molar-refractivity contribution in [1.82, 2.24) is 15.6 Å². The molecule has 0 fully saturated rings. The van der Waals surface area contributed by atoms with Crippen molar-refractivity contribution in [2.75, 3.05) is 0 Å². The monoisotopic (exact) mass is 335 g/mol. The smallest absolute Gasteiger partial charge is 0.321 e. The maximum Gasteiger partial charge on any atom is 0.321 e. The molecule has 0 radical (unpaired) electrons. The Hall–Kier alpha value is -1.86. The number of hydrogen-bond donors (Lipinski definition) is 2. The van der Waals surface area contributed by atoms with E-state index in [-0.39, 0.29) is 11.2 Å². The Balaban J connectivity index is 1.76. The Morgan fingerprint density at radius 2 is 2.05 bits per heavy atom. The highest BCUT2D eigenvalue weighted by molar-refractivity contribution is 8.02. The molecule has 0 aliphatic carbocycles. The van der Waals surface area contributed by atoms with Gasteiger partial charge in [0.05, 0.1) is 5.25 Å². The van der Waals surface area contributed by atoms with Crippen LogP contribution in [0.25, 0.3) is 0 Å². The van der Waals surface area contributed by atoms with Gasteiger partial charge >= 0.3 is 6.03 Å². The number of nitrogens with one attached hydrogen (secondary N) is 2. The molecule has 0 saturated carbocycles. The van der Waals surface area contributed by atoms with Crippen LogP contribution in [0.2, 0.25) is 0 Å². The zero-order chi connectivity index (χ0) is 15.9. The third kappa shape index (κ3) is 5.16. The summed E-state index contributed by atoms with van der Waals surface area (Å²) in [5, 5.41) is 6.55. The fourth-order valence-corrected chi connectivity index (χ4v) is 3.61. The average molecular weight is 335 g/mol. The molecular formula is C15H17N3O2S2. The lowest BCUT2D eigenvalue weighted by atomic mass is 10.2. The lowest BCUT2D eigenvalue weighted by molar-refractivity contribution is -0.119. The number of hydrogen-bond acceptors (Lipinski definition) is 5. The van der Waals surface area contributed by atoms with E-state index in [1.54, 1.807) is 6.92 Å². The molecule has 0 unspecified atom stereocenters. The van der Waals surface area contributed by atoms with E-state index in [1.165, 1.54) is 23.1 Å². The van der Waals surface area contributed by atoms with Crippen molar-refractivity contribution in [2.45, 2.75) is 30.0 Å². The summed E-state index contributed by atoms with van der Waals surface area (Å²) in [6.07, 6.45) is 0. The van der Waals surface area contributed by atoms with Crippen molar-refractivity contribution in [2.24, 2.45) is 0 Å². The Kier molecular flexibility index (Phi) is 5.97. The third-order valence-corrected chi connectivity index (χ3v) is 4.97. The molecule has 1 aromatic carbocycles. The molecule has 3 amide bonds. The Morgan fingerprint density at radius 1 is 1.32 bits per heavy atom. The van der Waals surface area contributed by atoms with Gasteiger partial charge < -0.3 is 5.32 Å². The molecule has 0 spiro atoms. The highest BCUT2D eigenvalue weighted by atomic mass is 32.2. The number of carbonyl (C=O) groups is 2. The molecule has 1 atom stereocenters. The Labute approximate surface area is 137 Å². The first-order valence-corrected chi connectivity index (χ1v) is 8.52. The highest BCUT2D eigenvalue weighted by Crippen LogP contribution is 2.26. The standard InChI is InChI=1S/C15H17N3O2S2/c1-10-9-21-15(17-10)22-11(2)13(19)18-14(20)16-8-12-6-4-3-5-7-12/h3-7,9,11H,8H2,1-2H3,(H2,16,18,19,20)/t11-/m1/s1. The summed E-state index contributed by atoms with van der Waals surface area (Å²) in [7, 11) is 0. The summed E-state index contributed by atoms with van der Waals surface area (Å²) in [6, 6.07) is 9.03. The predicted molar refractivity (Wildman–Crippen MR) is 89.0 cm³/mol. The number of benzene rings is 1. The molecule has 5 nitrogen and oxygen atoms in total. The van der Waals surface area contributed by atoms with Gasteiger partial charge in [-0.1, -0.05) is 42.1 Å². The number of thiazole rings is 1. The largest absolute Gasteiger partial charge is 0.334 e. The minimum absolute atomic E-state index is 0.330. The van der Waals surface area contributed by atoms with Crippen LogP contribution in [0.5, 0.6) is 0 Å². The van der Waals surface area contributed by atoms with Gasteiger partial charge in [-0.25, -0.2) is 9.78 Å². The van der Waals surface area contributed by atoms with Crippen LogP contribution in [0.4, 0.5) is 4.79 Å². The van der Waals surface area contributed by atoms with E-state index in [0.717, 1.165) is 15.6 Å². The minimum Gasteiger partial charge on any atom is -0.334 e. The zero-order valence-electron chi connectivity index (χ0n) is 12.3.